The first-order valence-corrected chi connectivity index (χ1v) is 7.93. The molecular weight excluding hydrogens is 224 g/mol. The minimum Gasteiger partial charge on any atom is -0.481 e. The van der Waals surface area contributed by atoms with Gasteiger partial charge < -0.3 is 5.11 Å². The molecule has 0 bridgehead atoms. The molecule has 0 aromatic rings. The molecule has 0 unspecified atom stereocenters. The van der Waals surface area contributed by atoms with E-state index in [1.54, 1.807) is 0 Å². The number of rotatable bonds is 1. The molecule has 0 aromatic carbocycles. The van der Waals surface area contributed by atoms with Gasteiger partial charge in [0.25, 0.3) is 0 Å². The van der Waals surface area contributed by atoms with Gasteiger partial charge in [0.05, 0.1) is 5.92 Å². The third-order valence-corrected chi connectivity index (χ3v) is 4.35. The Morgan fingerprint density at radius 2 is 1.17 bits per heavy atom. The van der Waals surface area contributed by atoms with Crippen molar-refractivity contribution in [1.29, 1.82) is 0 Å². The van der Waals surface area contributed by atoms with Crippen LogP contribution in [0.1, 0.15) is 84.0 Å². The van der Waals surface area contributed by atoms with Crippen molar-refractivity contribution in [1.82, 2.24) is 0 Å². The topological polar surface area (TPSA) is 37.3 Å². The lowest BCUT2D eigenvalue weighted by molar-refractivity contribution is -0.142. The first kappa shape index (κ1) is 15.5. The first-order valence-electron chi connectivity index (χ1n) is 7.93. The predicted molar refractivity (Wildman–Crippen MR) is 75.7 cm³/mol. The van der Waals surface area contributed by atoms with E-state index >= 15 is 0 Å². The van der Waals surface area contributed by atoms with Crippen LogP contribution in [0.25, 0.3) is 0 Å². The van der Waals surface area contributed by atoms with Gasteiger partial charge in [0.15, 0.2) is 0 Å². The zero-order valence-corrected chi connectivity index (χ0v) is 12.0. The van der Waals surface area contributed by atoms with Gasteiger partial charge in [-0.1, -0.05) is 71.1 Å². The summed E-state index contributed by atoms with van der Waals surface area (Å²) in [7, 11) is 0. The van der Waals surface area contributed by atoms with Gasteiger partial charge in [0.1, 0.15) is 0 Å². The Bertz CT molecular complexity index is 209. The van der Waals surface area contributed by atoms with E-state index < -0.39 is 5.97 Å². The number of hydrogen-bond acceptors (Lipinski definition) is 1. The van der Waals surface area contributed by atoms with Crippen LogP contribution in [0.3, 0.4) is 0 Å². The second-order valence-corrected chi connectivity index (χ2v) is 6.12. The van der Waals surface area contributed by atoms with Crippen LogP contribution < -0.4 is 0 Å². The first-order chi connectivity index (χ1) is 8.70. The van der Waals surface area contributed by atoms with E-state index in [2.05, 4.69) is 6.92 Å². The van der Waals surface area contributed by atoms with Crippen molar-refractivity contribution in [3.8, 4) is 0 Å². The number of carbonyl (C=O) groups is 1. The van der Waals surface area contributed by atoms with Crippen LogP contribution in [-0.2, 0) is 4.79 Å². The summed E-state index contributed by atoms with van der Waals surface area (Å²) >= 11 is 0. The van der Waals surface area contributed by atoms with E-state index in [0.29, 0.717) is 0 Å². The lowest BCUT2D eigenvalue weighted by Gasteiger charge is -2.15. The maximum Gasteiger partial charge on any atom is 0.306 e. The van der Waals surface area contributed by atoms with Crippen LogP contribution in [-0.4, -0.2) is 11.1 Å². The Morgan fingerprint density at radius 3 is 1.56 bits per heavy atom. The number of hydrogen-bond donors (Lipinski definition) is 1. The molecule has 0 atom stereocenters. The van der Waals surface area contributed by atoms with Gasteiger partial charge in [-0.05, 0) is 18.8 Å². The van der Waals surface area contributed by atoms with Crippen LogP contribution in [0.5, 0.6) is 0 Å². The van der Waals surface area contributed by atoms with E-state index in [4.69, 9.17) is 0 Å². The van der Waals surface area contributed by atoms with E-state index in [0.717, 1.165) is 31.6 Å². The molecule has 0 aliphatic heterocycles. The second kappa shape index (κ2) is 9.41. The Balaban J connectivity index is 2.32. The van der Waals surface area contributed by atoms with E-state index in [1.165, 1.54) is 51.4 Å². The zero-order valence-electron chi connectivity index (χ0n) is 12.0. The molecule has 0 radical (unpaired) electrons. The van der Waals surface area contributed by atoms with E-state index in [1.807, 2.05) is 0 Å². The van der Waals surface area contributed by atoms with Gasteiger partial charge in [-0.2, -0.15) is 0 Å². The van der Waals surface area contributed by atoms with Crippen LogP contribution in [0.2, 0.25) is 0 Å². The van der Waals surface area contributed by atoms with Crippen LogP contribution in [0.4, 0.5) is 0 Å². The Morgan fingerprint density at radius 1 is 0.778 bits per heavy atom. The normalized spacial score (nSPS) is 29.4. The molecule has 18 heavy (non-hydrogen) atoms. The average molecular weight is 254 g/mol. The molecule has 1 aliphatic rings. The predicted octanol–water partition coefficient (Wildman–Crippen LogP) is 5.02. The Kier molecular flexibility index (Phi) is 8.11. The maximum atomic E-state index is 11.1. The van der Waals surface area contributed by atoms with Crippen molar-refractivity contribution in [2.24, 2.45) is 11.8 Å². The van der Waals surface area contributed by atoms with Gasteiger partial charge in [-0.15, -0.1) is 0 Å². The van der Waals surface area contributed by atoms with Crippen molar-refractivity contribution in [2.45, 2.75) is 84.0 Å². The third-order valence-electron chi connectivity index (χ3n) is 4.35. The van der Waals surface area contributed by atoms with Crippen molar-refractivity contribution in [2.75, 3.05) is 0 Å². The monoisotopic (exact) mass is 254 g/mol. The highest BCUT2D eigenvalue weighted by Gasteiger charge is 2.16. The highest BCUT2D eigenvalue weighted by Crippen LogP contribution is 2.22. The van der Waals surface area contributed by atoms with Gasteiger partial charge >= 0.3 is 5.97 Å². The van der Waals surface area contributed by atoms with Crippen LogP contribution in [0, 0.1) is 11.8 Å². The fourth-order valence-corrected chi connectivity index (χ4v) is 3.01. The molecule has 0 spiro atoms. The van der Waals surface area contributed by atoms with E-state index in [-0.39, 0.29) is 5.92 Å². The number of carboxylic acids is 1. The number of aliphatic carboxylic acids is 1. The summed E-state index contributed by atoms with van der Waals surface area (Å²) in [4.78, 5) is 11.1. The summed E-state index contributed by atoms with van der Waals surface area (Å²) in [5.41, 5.74) is 0. The zero-order chi connectivity index (χ0) is 13.2. The lowest BCUT2D eigenvalue weighted by atomic mass is 9.91. The molecule has 2 heteroatoms. The molecule has 1 fully saturated rings. The minimum absolute atomic E-state index is 0.0770. The van der Waals surface area contributed by atoms with Gasteiger partial charge in [0, 0.05) is 0 Å². The van der Waals surface area contributed by atoms with Crippen LogP contribution >= 0.6 is 0 Å². The largest absolute Gasteiger partial charge is 0.481 e. The fourth-order valence-electron chi connectivity index (χ4n) is 3.01. The van der Waals surface area contributed by atoms with Crippen LogP contribution in [0.15, 0.2) is 0 Å². The third kappa shape index (κ3) is 7.03. The molecule has 1 rings (SSSR count). The number of carboxylic acid groups (broad SMARTS) is 1. The molecule has 2 nitrogen and oxygen atoms in total. The highest BCUT2D eigenvalue weighted by atomic mass is 16.4. The minimum atomic E-state index is -0.573. The summed E-state index contributed by atoms with van der Waals surface area (Å²) in [6, 6.07) is 0. The molecule has 0 aromatic heterocycles. The summed E-state index contributed by atoms with van der Waals surface area (Å²) in [5.74, 6) is 0.238. The molecule has 1 aliphatic carbocycles. The van der Waals surface area contributed by atoms with Crippen molar-refractivity contribution < 1.29 is 9.90 Å². The second-order valence-electron chi connectivity index (χ2n) is 6.12. The molecule has 0 saturated heterocycles. The SMILES string of the molecule is CC1CCCCCCC(C(=O)O)CCCCCC1. The standard InChI is InChI=1S/C16H30O2/c1-14-10-6-2-4-8-12-15(16(17)18)13-9-5-3-7-11-14/h14-15H,2-13H2,1H3,(H,17,18). The smallest absolute Gasteiger partial charge is 0.306 e. The van der Waals surface area contributed by atoms with E-state index in [9.17, 15) is 9.90 Å². The quantitative estimate of drug-likeness (QED) is 0.713. The summed E-state index contributed by atoms with van der Waals surface area (Å²) in [6.45, 7) is 2.38. The van der Waals surface area contributed by atoms with Crippen molar-refractivity contribution >= 4 is 5.97 Å². The molecule has 0 amide bonds. The fraction of sp³-hybridized carbons (Fsp3) is 0.938. The van der Waals surface area contributed by atoms with Gasteiger partial charge in [0.2, 0.25) is 0 Å². The summed E-state index contributed by atoms with van der Waals surface area (Å²) in [6.07, 6.45) is 14.4. The highest BCUT2D eigenvalue weighted by molar-refractivity contribution is 5.69. The molecule has 1 saturated carbocycles. The molecule has 0 heterocycles. The summed E-state index contributed by atoms with van der Waals surface area (Å²) in [5, 5.41) is 9.18. The molecule has 106 valence electrons. The average Bonchev–Trinajstić information content (AvgIpc) is 2.34. The van der Waals surface area contributed by atoms with Crippen molar-refractivity contribution in [3.63, 3.8) is 0 Å². The van der Waals surface area contributed by atoms with Gasteiger partial charge in [-0.25, -0.2) is 0 Å². The van der Waals surface area contributed by atoms with Gasteiger partial charge in [-0.3, -0.25) is 4.79 Å². The Hall–Kier alpha value is -0.530. The molecule has 1 N–H and O–H groups in total. The lowest BCUT2D eigenvalue weighted by Crippen LogP contribution is -2.13. The molecular formula is C16H30O2. The summed E-state index contributed by atoms with van der Waals surface area (Å²) < 4.78 is 0. The maximum absolute atomic E-state index is 11.1. The Labute approximate surface area is 112 Å². The van der Waals surface area contributed by atoms with Crippen molar-refractivity contribution in [3.05, 3.63) is 0 Å².